The molecule has 1 rings (SSSR count). The normalized spacial score (nSPS) is 9.94. The topological polar surface area (TPSA) is 58.4 Å². The van der Waals surface area contributed by atoms with Gasteiger partial charge < -0.3 is 16.0 Å². The monoisotopic (exact) mass is 333 g/mol. The SMILES string of the molecule is CN(C)C(=O)CCNc1ccc(N)cc1I. The quantitative estimate of drug-likeness (QED) is 0.652. The van der Waals surface area contributed by atoms with E-state index in [9.17, 15) is 4.79 Å². The molecule has 5 heteroatoms. The van der Waals surface area contributed by atoms with Crippen molar-refractivity contribution >= 4 is 39.9 Å². The fourth-order valence-electron chi connectivity index (χ4n) is 1.20. The van der Waals surface area contributed by atoms with E-state index in [1.54, 1.807) is 19.0 Å². The Balaban J connectivity index is 2.46. The zero-order chi connectivity index (χ0) is 12.1. The van der Waals surface area contributed by atoms with Crippen molar-refractivity contribution in [2.75, 3.05) is 31.7 Å². The lowest BCUT2D eigenvalue weighted by Crippen LogP contribution is -2.24. The zero-order valence-corrected chi connectivity index (χ0v) is 11.6. The molecule has 0 aromatic heterocycles. The summed E-state index contributed by atoms with van der Waals surface area (Å²) in [5, 5.41) is 3.22. The molecule has 0 saturated carbocycles. The minimum atomic E-state index is 0.123. The highest BCUT2D eigenvalue weighted by Gasteiger charge is 2.04. The van der Waals surface area contributed by atoms with Crippen molar-refractivity contribution in [2.45, 2.75) is 6.42 Å². The molecule has 0 atom stereocenters. The average Bonchev–Trinajstić information content (AvgIpc) is 2.20. The van der Waals surface area contributed by atoms with Crippen molar-refractivity contribution in [3.63, 3.8) is 0 Å². The number of nitrogens with zero attached hydrogens (tertiary/aromatic N) is 1. The molecule has 88 valence electrons. The molecular weight excluding hydrogens is 317 g/mol. The lowest BCUT2D eigenvalue weighted by Gasteiger charge is -2.12. The fraction of sp³-hybridized carbons (Fsp3) is 0.364. The second-order valence-corrected chi connectivity index (χ2v) is 4.87. The summed E-state index contributed by atoms with van der Waals surface area (Å²) in [6, 6.07) is 5.67. The first kappa shape index (κ1) is 13.1. The maximum atomic E-state index is 11.3. The van der Waals surface area contributed by atoms with Crippen molar-refractivity contribution in [3.8, 4) is 0 Å². The predicted octanol–water partition coefficient (Wildman–Crippen LogP) is 1.76. The van der Waals surface area contributed by atoms with Gasteiger partial charge in [-0.1, -0.05) is 0 Å². The third-order valence-electron chi connectivity index (χ3n) is 2.15. The highest BCUT2D eigenvalue weighted by molar-refractivity contribution is 14.1. The molecule has 1 amide bonds. The summed E-state index contributed by atoms with van der Waals surface area (Å²) >= 11 is 2.22. The van der Waals surface area contributed by atoms with Gasteiger partial charge in [-0.05, 0) is 40.8 Å². The second-order valence-electron chi connectivity index (χ2n) is 3.70. The third-order valence-corrected chi connectivity index (χ3v) is 3.04. The molecule has 3 N–H and O–H groups in total. The Kier molecular flexibility index (Phi) is 4.85. The smallest absolute Gasteiger partial charge is 0.223 e. The van der Waals surface area contributed by atoms with Gasteiger partial charge in [0.05, 0.1) is 0 Å². The van der Waals surface area contributed by atoms with Crippen molar-refractivity contribution in [3.05, 3.63) is 21.8 Å². The van der Waals surface area contributed by atoms with Crippen LogP contribution >= 0.6 is 22.6 Å². The van der Waals surface area contributed by atoms with Crippen LogP contribution < -0.4 is 11.1 Å². The molecule has 4 nitrogen and oxygen atoms in total. The molecule has 1 aromatic carbocycles. The Hall–Kier alpha value is -0.980. The Morgan fingerprint density at radius 1 is 1.50 bits per heavy atom. The maximum absolute atomic E-state index is 11.3. The van der Waals surface area contributed by atoms with Gasteiger partial charge >= 0.3 is 0 Å². The number of rotatable bonds is 4. The number of anilines is 2. The van der Waals surface area contributed by atoms with Gasteiger partial charge in [0.1, 0.15) is 0 Å². The van der Waals surface area contributed by atoms with Gasteiger partial charge in [0, 0.05) is 42.0 Å². The van der Waals surface area contributed by atoms with Gasteiger partial charge in [0.15, 0.2) is 0 Å². The summed E-state index contributed by atoms with van der Waals surface area (Å²) in [5.74, 6) is 0.123. The lowest BCUT2D eigenvalue weighted by atomic mass is 10.3. The number of nitrogens with one attached hydrogen (secondary N) is 1. The molecule has 16 heavy (non-hydrogen) atoms. The third kappa shape index (κ3) is 3.88. The molecule has 0 aliphatic heterocycles. The molecule has 0 fully saturated rings. The number of hydrogen-bond donors (Lipinski definition) is 2. The summed E-state index contributed by atoms with van der Waals surface area (Å²) < 4.78 is 1.06. The van der Waals surface area contributed by atoms with Gasteiger partial charge in [0.25, 0.3) is 0 Å². The van der Waals surface area contributed by atoms with Gasteiger partial charge in [-0.25, -0.2) is 0 Å². The van der Waals surface area contributed by atoms with Crippen molar-refractivity contribution in [1.29, 1.82) is 0 Å². The number of carbonyl (C=O) groups is 1. The highest BCUT2D eigenvalue weighted by Crippen LogP contribution is 2.20. The summed E-state index contributed by atoms with van der Waals surface area (Å²) in [4.78, 5) is 12.9. The van der Waals surface area contributed by atoms with Crippen LogP contribution in [0.1, 0.15) is 6.42 Å². The molecule has 0 aliphatic rings. The van der Waals surface area contributed by atoms with E-state index in [4.69, 9.17) is 5.73 Å². The number of nitrogens with two attached hydrogens (primary N) is 1. The summed E-state index contributed by atoms with van der Waals surface area (Å²) in [6.07, 6.45) is 0.494. The van der Waals surface area contributed by atoms with E-state index in [1.165, 1.54) is 0 Å². The number of hydrogen-bond acceptors (Lipinski definition) is 3. The standard InChI is InChI=1S/C11H16IN3O/c1-15(2)11(16)5-6-14-10-4-3-8(13)7-9(10)12/h3-4,7,14H,5-6,13H2,1-2H3. The minimum absolute atomic E-state index is 0.123. The molecule has 0 saturated heterocycles. The van der Waals surface area contributed by atoms with Gasteiger partial charge in [-0.3, -0.25) is 4.79 Å². The fourth-order valence-corrected chi connectivity index (χ4v) is 1.93. The first-order chi connectivity index (χ1) is 7.50. The van der Waals surface area contributed by atoms with Crippen LogP contribution in [0.5, 0.6) is 0 Å². The van der Waals surface area contributed by atoms with E-state index < -0.39 is 0 Å². The van der Waals surface area contributed by atoms with E-state index in [0.29, 0.717) is 13.0 Å². The molecule has 0 radical (unpaired) electrons. The van der Waals surface area contributed by atoms with Crippen molar-refractivity contribution in [2.24, 2.45) is 0 Å². The van der Waals surface area contributed by atoms with E-state index in [0.717, 1.165) is 14.9 Å². The lowest BCUT2D eigenvalue weighted by molar-refractivity contribution is -0.128. The number of halogens is 1. The molecule has 0 heterocycles. The zero-order valence-electron chi connectivity index (χ0n) is 9.46. The van der Waals surface area contributed by atoms with E-state index >= 15 is 0 Å². The molecular formula is C11H16IN3O. The number of amides is 1. The van der Waals surface area contributed by atoms with Crippen LogP contribution in [0.15, 0.2) is 18.2 Å². The molecule has 0 spiro atoms. The number of nitrogen functional groups attached to an aromatic ring is 1. The van der Waals surface area contributed by atoms with Crippen LogP contribution in [0.25, 0.3) is 0 Å². The Morgan fingerprint density at radius 2 is 2.19 bits per heavy atom. The summed E-state index contributed by atoms with van der Waals surface area (Å²) in [5.41, 5.74) is 7.42. The van der Waals surface area contributed by atoms with Crippen LogP contribution in [0, 0.1) is 3.57 Å². The Bertz CT molecular complexity index is 379. The Morgan fingerprint density at radius 3 is 2.75 bits per heavy atom. The molecule has 0 unspecified atom stereocenters. The predicted molar refractivity (Wildman–Crippen MR) is 75.4 cm³/mol. The van der Waals surface area contributed by atoms with E-state index in [2.05, 4.69) is 27.9 Å². The largest absolute Gasteiger partial charge is 0.399 e. The van der Waals surface area contributed by atoms with Crippen LogP contribution in [0.4, 0.5) is 11.4 Å². The van der Waals surface area contributed by atoms with Gasteiger partial charge in [0.2, 0.25) is 5.91 Å². The highest BCUT2D eigenvalue weighted by atomic mass is 127. The Labute approximate surface area is 109 Å². The number of carbonyl (C=O) groups excluding carboxylic acids is 1. The molecule has 0 bridgehead atoms. The first-order valence-electron chi connectivity index (χ1n) is 4.99. The minimum Gasteiger partial charge on any atom is -0.399 e. The van der Waals surface area contributed by atoms with Crippen molar-refractivity contribution < 1.29 is 4.79 Å². The summed E-state index contributed by atoms with van der Waals surface area (Å²) in [7, 11) is 3.52. The first-order valence-corrected chi connectivity index (χ1v) is 6.07. The van der Waals surface area contributed by atoms with E-state index in [-0.39, 0.29) is 5.91 Å². The van der Waals surface area contributed by atoms with Crippen LogP contribution in [-0.2, 0) is 4.79 Å². The van der Waals surface area contributed by atoms with Crippen LogP contribution in [-0.4, -0.2) is 31.4 Å². The van der Waals surface area contributed by atoms with Crippen molar-refractivity contribution in [1.82, 2.24) is 4.90 Å². The van der Waals surface area contributed by atoms with Gasteiger partial charge in [-0.15, -0.1) is 0 Å². The van der Waals surface area contributed by atoms with E-state index in [1.807, 2.05) is 18.2 Å². The van der Waals surface area contributed by atoms with Crippen LogP contribution in [0.3, 0.4) is 0 Å². The maximum Gasteiger partial charge on any atom is 0.223 e. The average molecular weight is 333 g/mol. The second kappa shape index (κ2) is 5.93. The molecule has 0 aliphatic carbocycles. The number of benzene rings is 1. The summed E-state index contributed by atoms with van der Waals surface area (Å²) in [6.45, 7) is 0.636. The van der Waals surface area contributed by atoms with Gasteiger partial charge in [-0.2, -0.15) is 0 Å². The van der Waals surface area contributed by atoms with Crippen LogP contribution in [0.2, 0.25) is 0 Å². The molecule has 1 aromatic rings.